The fourth-order valence-corrected chi connectivity index (χ4v) is 3.57. The number of aryl methyl sites for hydroxylation is 1. The molecular weight excluding hydrogens is 265 g/mol. The monoisotopic (exact) mass is 285 g/mol. The zero-order chi connectivity index (χ0) is 13.9. The molecule has 1 saturated heterocycles. The molecule has 0 radical (unpaired) electrons. The lowest BCUT2D eigenvalue weighted by Gasteiger charge is -2.30. The largest absolute Gasteiger partial charge is 0.213 e. The normalized spacial score (nSPS) is 21.5. The quantitative estimate of drug-likeness (QED) is 0.852. The van der Waals surface area contributed by atoms with Crippen LogP contribution in [0, 0.1) is 11.7 Å². The van der Waals surface area contributed by atoms with E-state index in [1.807, 2.05) is 6.07 Å². The second-order valence-corrected chi connectivity index (χ2v) is 7.28. The Kier molecular flexibility index (Phi) is 4.58. The smallest absolute Gasteiger partial charge is 0.211 e. The average Bonchev–Trinajstić information content (AvgIpc) is 2.36. The minimum atomic E-state index is -3.08. The van der Waals surface area contributed by atoms with E-state index in [4.69, 9.17) is 0 Å². The van der Waals surface area contributed by atoms with Crippen molar-refractivity contribution in [1.82, 2.24) is 4.31 Å². The molecule has 0 saturated carbocycles. The first-order valence-electron chi connectivity index (χ1n) is 6.65. The third kappa shape index (κ3) is 4.28. The summed E-state index contributed by atoms with van der Waals surface area (Å²) in [7, 11) is -3.08. The molecule has 1 aromatic rings. The van der Waals surface area contributed by atoms with Crippen molar-refractivity contribution in [3.05, 3.63) is 35.6 Å². The summed E-state index contributed by atoms with van der Waals surface area (Å²) in [6.45, 7) is 1.24. The molecule has 0 spiro atoms. The highest BCUT2D eigenvalue weighted by Crippen LogP contribution is 2.23. The molecule has 19 heavy (non-hydrogen) atoms. The van der Waals surface area contributed by atoms with Gasteiger partial charge in [-0.05, 0) is 49.3 Å². The Bertz CT molecular complexity index is 530. The highest BCUT2D eigenvalue weighted by atomic mass is 32.2. The van der Waals surface area contributed by atoms with Crippen molar-refractivity contribution in [1.29, 1.82) is 0 Å². The number of sulfonamides is 1. The maximum absolute atomic E-state index is 13.1. The Morgan fingerprint density at radius 2 is 2.21 bits per heavy atom. The molecule has 0 bridgehead atoms. The van der Waals surface area contributed by atoms with Crippen molar-refractivity contribution in [3.8, 4) is 0 Å². The van der Waals surface area contributed by atoms with Gasteiger partial charge in [0.2, 0.25) is 10.0 Å². The Morgan fingerprint density at radius 1 is 1.42 bits per heavy atom. The van der Waals surface area contributed by atoms with Crippen LogP contribution in [0.1, 0.15) is 24.8 Å². The molecule has 0 N–H and O–H groups in total. The summed E-state index contributed by atoms with van der Waals surface area (Å²) in [4.78, 5) is 0. The summed E-state index contributed by atoms with van der Waals surface area (Å²) >= 11 is 0. The lowest BCUT2D eigenvalue weighted by atomic mass is 9.93. The predicted molar refractivity (Wildman–Crippen MR) is 73.9 cm³/mol. The third-order valence-corrected chi connectivity index (χ3v) is 4.95. The number of hydrogen-bond acceptors (Lipinski definition) is 2. The van der Waals surface area contributed by atoms with Crippen LogP contribution >= 0.6 is 0 Å². The summed E-state index contributed by atoms with van der Waals surface area (Å²) in [5.74, 6) is 0.172. The van der Waals surface area contributed by atoms with Crippen molar-refractivity contribution < 1.29 is 12.8 Å². The summed E-state index contributed by atoms with van der Waals surface area (Å²) in [5.41, 5.74) is 0.983. The Hall–Kier alpha value is -0.940. The van der Waals surface area contributed by atoms with Gasteiger partial charge in [-0.25, -0.2) is 17.1 Å². The van der Waals surface area contributed by atoms with Crippen LogP contribution in [0.5, 0.6) is 0 Å². The van der Waals surface area contributed by atoms with Crippen LogP contribution in [0.25, 0.3) is 0 Å². The predicted octanol–water partition coefficient (Wildman–Crippen LogP) is 2.43. The fourth-order valence-electron chi connectivity index (χ4n) is 2.63. The van der Waals surface area contributed by atoms with Gasteiger partial charge >= 0.3 is 0 Å². The molecule has 1 aliphatic rings. The molecular formula is C14H20FNO2S. The van der Waals surface area contributed by atoms with Gasteiger partial charge in [0.15, 0.2) is 0 Å². The maximum Gasteiger partial charge on any atom is 0.211 e. The van der Waals surface area contributed by atoms with E-state index in [0.717, 1.165) is 31.2 Å². The van der Waals surface area contributed by atoms with Crippen molar-refractivity contribution in [2.75, 3.05) is 19.3 Å². The van der Waals surface area contributed by atoms with Gasteiger partial charge in [-0.3, -0.25) is 0 Å². The number of rotatable bonds is 4. The summed E-state index contributed by atoms with van der Waals surface area (Å²) in [6, 6.07) is 6.63. The number of benzene rings is 1. The van der Waals surface area contributed by atoms with E-state index in [-0.39, 0.29) is 5.82 Å². The Balaban J connectivity index is 1.89. The molecule has 0 aromatic heterocycles. The standard InChI is InChI=1S/C14H20FNO2S/c1-19(17,18)16-9-3-5-13(11-16)8-7-12-4-2-6-14(15)10-12/h2,4,6,10,13H,3,5,7-9,11H2,1H3/t13-/m1/s1. The van der Waals surface area contributed by atoms with Crippen LogP contribution in [-0.2, 0) is 16.4 Å². The van der Waals surface area contributed by atoms with Crippen molar-refractivity contribution >= 4 is 10.0 Å². The summed E-state index contributed by atoms with van der Waals surface area (Å²) in [6.07, 6.45) is 4.96. The van der Waals surface area contributed by atoms with Crippen LogP contribution in [-0.4, -0.2) is 32.1 Å². The van der Waals surface area contributed by atoms with Crippen LogP contribution in [0.15, 0.2) is 24.3 Å². The number of nitrogens with zero attached hydrogens (tertiary/aromatic N) is 1. The molecule has 0 aliphatic carbocycles. The molecule has 106 valence electrons. The minimum absolute atomic E-state index is 0.209. The Morgan fingerprint density at radius 3 is 2.89 bits per heavy atom. The van der Waals surface area contributed by atoms with Crippen LogP contribution in [0.3, 0.4) is 0 Å². The van der Waals surface area contributed by atoms with Crippen LogP contribution < -0.4 is 0 Å². The van der Waals surface area contributed by atoms with Gasteiger partial charge in [-0.1, -0.05) is 12.1 Å². The fraction of sp³-hybridized carbons (Fsp3) is 0.571. The van der Waals surface area contributed by atoms with E-state index >= 15 is 0 Å². The zero-order valence-electron chi connectivity index (χ0n) is 11.2. The van der Waals surface area contributed by atoms with E-state index in [9.17, 15) is 12.8 Å². The van der Waals surface area contributed by atoms with Gasteiger partial charge in [-0.2, -0.15) is 0 Å². The maximum atomic E-state index is 13.1. The van der Waals surface area contributed by atoms with Gasteiger partial charge in [0.25, 0.3) is 0 Å². The van der Waals surface area contributed by atoms with E-state index in [0.29, 0.717) is 19.0 Å². The molecule has 3 nitrogen and oxygen atoms in total. The first-order valence-corrected chi connectivity index (χ1v) is 8.49. The van der Waals surface area contributed by atoms with E-state index < -0.39 is 10.0 Å². The van der Waals surface area contributed by atoms with Gasteiger partial charge in [0.1, 0.15) is 5.82 Å². The van der Waals surface area contributed by atoms with E-state index in [2.05, 4.69) is 0 Å². The highest BCUT2D eigenvalue weighted by molar-refractivity contribution is 7.88. The van der Waals surface area contributed by atoms with Gasteiger partial charge in [0.05, 0.1) is 6.26 Å². The molecule has 1 heterocycles. The van der Waals surface area contributed by atoms with E-state index in [1.54, 1.807) is 16.4 Å². The lowest BCUT2D eigenvalue weighted by molar-refractivity contribution is 0.257. The molecule has 2 rings (SSSR count). The van der Waals surface area contributed by atoms with Crippen molar-refractivity contribution in [2.24, 2.45) is 5.92 Å². The number of hydrogen-bond donors (Lipinski definition) is 0. The highest BCUT2D eigenvalue weighted by Gasteiger charge is 2.25. The molecule has 0 unspecified atom stereocenters. The SMILES string of the molecule is CS(=O)(=O)N1CCC[C@H](CCc2cccc(F)c2)C1. The molecule has 0 amide bonds. The molecule has 1 aromatic carbocycles. The molecule has 5 heteroatoms. The van der Waals surface area contributed by atoms with E-state index in [1.165, 1.54) is 12.3 Å². The Labute approximate surface area is 114 Å². The third-order valence-electron chi connectivity index (χ3n) is 3.68. The molecule has 1 fully saturated rings. The summed E-state index contributed by atoms with van der Waals surface area (Å²) < 4.78 is 37.7. The van der Waals surface area contributed by atoms with Crippen molar-refractivity contribution in [3.63, 3.8) is 0 Å². The van der Waals surface area contributed by atoms with Gasteiger partial charge in [0, 0.05) is 13.1 Å². The second-order valence-electron chi connectivity index (χ2n) is 5.30. The topological polar surface area (TPSA) is 37.4 Å². The molecule has 1 aliphatic heterocycles. The second kappa shape index (κ2) is 6.01. The first kappa shape index (κ1) is 14.5. The van der Waals surface area contributed by atoms with Crippen LogP contribution in [0.4, 0.5) is 4.39 Å². The molecule has 1 atom stereocenters. The number of halogens is 1. The lowest BCUT2D eigenvalue weighted by Crippen LogP contribution is -2.39. The summed E-state index contributed by atoms with van der Waals surface area (Å²) in [5, 5.41) is 0. The number of piperidine rings is 1. The first-order chi connectivity index (χ1) is 8.95. The van der Waals surface area contributed by atoms with Crippen molar-refractivity contribution in [2.45, 2.75) is 25.7 Å². The van der Waals surface area contributed by atoms with Gasteiger partial charge in [-0.15, -0.1) is 0 Å². The minimum Gasteiger partial charge on any atom is -0.213 e. The zero-order valence-corrected chi connectivity index (χ0v) is 12.0. The van der Waals surface area contributed by atoms with Gasteiger partial charge < -0.3 is 0 Å². The average molecular weight is 285 g/mol. The van der Waals surface area contributed by atoms with Crippen LogP contribution in [0.2, 0.25) is 0 Å².